The van der Waals surface area contributed by atoms with E-state index in [1.165, 1.54) is 36.7 Å². The van der Waals surface area contributed by atoms with Crippen LogP contribution < -0.4 is 4.74 Å². The number of aromatic nitrogens is 2. The van der Waals surface area contributed by atoms with Gasteiger partial charge in [-0.05, 0) is 53.6 Å². The molecule has 5 nitrogen and oxygen atoms in total. The zero-order valence-electron chi connectivity index (χ0n) is 14.0. The predicted molar refractivity (Wildman–Crippen MR) is 98.8 cm³/mol. The van der Waals surface area contributed by atoms with Crippen LogP contribution in [0.3, 0.4) is 0 Å². The zero-order chi connectivity index (χ0) is 19.1. The van der Waals surface area contributed by atoms with E-state index in [1.54, 1.807) is 36.5 Å². The van der Waals surface area contributed by atoms with E-state index in [0.717, 1.165) is 5.56 Å². The zero-order valence-corrected chi connectivity index (χ0v) is 14.8. The lowest BCUT2D eigenvalue weighted by Crippen LogP contribution is -2.00. The second-order valence-corrected chi connectivity index (χ2v) is 5.80. The van der Waals surface area contributed by atoms with Crippen molar-refractivity contribution in [3.05, 3.63) is 89.2 Å². The summed E-state index contributed by atoms with van der Waals surface area (Å²) in [4.78, 5) is 19.5. The third-order valence-electron chi connectivity index (χ3n) is 3.40. The number of ether oxygens (including phenoxy) is 2. The molecule has 0 fully saturated rings. The summed E-state index contributed by atoms with van der Waals surface area (Å²) in [5, 5.41) is 0.322. The number of pyridine rings is 2. The van der Waals surface area contributed by atoms with Gasteiger partial charge < -0.3 is 9.47 Å². The number of hydrogen-bond acceptors (Lipinski definition) is 5. The molecule has 0 amide bonds. The molecule has 0 N–H and O–H groups in total. The van der Waals surface area contributed by atoms with Crippen molar-refractivity contribution in [2.45, 2.75) is 6.61 Å². The number of nitrogens with zero attached hydrogens (tertiary/aromatic N) is 2. The molecule has 0 saturated carbocycles. The minimum absolute atomic E-state index is 0.0669. The van der Waals surface area contributed by atoms with Crippen LogP contribution in [0.25, 0.3) is 6.08 Å². The highest BCUT2D eigenvalue weighted by Gasteiger charge is 2.06. The van der Waals surface area contributed by atoms with Crippen molar-refractivity contribution in [2.24, 2.45) is 0 Å². The molecule has 1 aromatic carbocycles. The maximum absolute atomic E-state index is 14.2. The average molecular weight is 385 g/mol. The third kappa shape index (κ3) is 5.62. The molecule has 0 unspecified atom stereocenters. The summed E-state index contributed by atoms with van der Waals surface area (Å²) in [5.74, 6) is -0.614. The minimum Gasteiger partial charge on any atom is -0.458 e. The molecule has 0 aliphatic rings. The molecule has 7 heteroatoms. The number of rotatable bonds is 6. The van der Waals surface area contributed by atoms with Gasteiger partial charge in [-0.15, -0.1) is 0 Å². The fourth-order valence-electron chi connectivity index (χ4n) is 2.14. The molecule has 3 aromatic rings. The Morgan fingerprint density at radius 2 is 2.07 bits per heavy atom. The van der Waals surface area contributed by atoms with Gasteiger partial charge in [0, 0.05) is 18.5 Å². The highest BCUT2D eigenvalue weighted by molar-refractivity contribution is 6.29. The Balaban J connectivity index is 1.58. The molecule has 0 aliphatic heterocycles. The van der Waals surface area contributed by atoms with Gasteiger partial charge in [0.1, 0.15) is 17.5 Å². The smallest absolute Gasteiger partial charge is 0.331 e. The number of carbonyl (C=O) groups is 1. The molecular formula is C20H14ClFN2O3. The van der Waals surface area contributed by atoms with Gasteiger partial charge in [-0.1, -0.05) is 17.7 Å². The number of hydrogen-bond donors (Lipinski definition) is 0. The first-order valence-corrected chi connectivity index (χ1v) is 8.30. The van der Waals surface area contributed by atoms with E-state index >= 15 is 0 Å². The monoisotopic (exact) mass is 384 g/mol. The average Bonchev–Trinajstić information content (AvgIpc) is 2.67. The fraction of sp³-hybridized carbons (Fsp3) is 0.0500. The van der Waals surface area contributed by atoms with E-state index in [2.05, 4.69) is 9.97 Å². The topological polar surface area (TPSA) is 61.3 Å². The lowest BCUT2D eigenvalue weighted by Gasteiger charge is -2.06. The van der Waals surface area contributed by atoms with Crippen LogP contribution in [0.1, 0.15) is 11.1 Å². The first kappa shape index (κ1) is 18.5. The summed E-state index contributed by atoms with van der Waals surface area (Å²) in [6.07, 6.45) is 7.29. The third-order valence-corrected chi connectivity index (χ3v) is 3.61. The summed E-state index contributed by atoms with van der Waals surface area (Å²) in [6.45, 7) is 0.0671. The lowest BCUT2D eigenvalue weighted by atomic mass is 10.2. The van der Waals surface area contributed by atoms with Crippen LogP contribution in [0.5, 0.6) is 11.5 Å². The SMILES string of the molecule is O=C(/C=C/c1ccc(Oc2cccnc2)c(F)c1)OCc1ccnc(Cl)c1. The number of halogens is 2. The Morgan fingerprint density at radius 1 is 1.19 bits per heavy atom. The summed E-state index contributed by atoms with van der Waals surface area (Å²) in [5.41, 5.74) is 1.22. The van der Waals surface area contributed by atoms with Crippen molar-refractivity contribution in [3.8, 4) is 11.5 Å². The number of carbonyl (C=O) groups excluding carboxylic acids is 1. The van der Waals surface area contributed by atoms with Crippen LogP contribution in [0.2, 0.25) is 5.15 Å². The van der Waals surface area contributed by atoms with Gasteiger partial charge >= 0.3 is 5.97 Å². The lowest BCUT2D eigenvalue weighted by molar-refractivity contribution is -0.138. The maximum Gasteiger partial charge on any atom is 0.331 e. The highest BCUT2D eigenvalue weighted by Crippen LogP contribution is 2.24. The van der Waals surface area contributed by atoms with Crippen LogP contribution in [0.15, 0.2) is 67.1 Å². The molecule has 0 radical (unpaired) electrons. The van der Waals surface area contributed by atoms with Crippen molar-refractivity contribution in [2.75, 3.05) is 0 Å². The van der Waals surface area contributed by atoms with E-state index in [-0.39, 0.29) is 12.4 Å². The summed E-state index contributed by atoms with van der Waals surface area (Å²) >= 11 is 5.77. The molecule has 3 rings (SSSR count). The fourth-order valence-corrected chi connectivity index (χ4v) is 2.33. The van der Waals surface area contributed by atoms with Crippen LogP contribution in [-0.2, 0) is 16.1 Å². The van der Waals surface area contributed by atoms with Gasteiger partial charge in [-0.25, -0.2) is 14.2 Å². The summed E-state index contributed by atoms with van der Waals surface area (Å²) in [7, 11) is 0. The van der Waals surface area contributed by atoms with Gasteiger partial charge in [0.25, 0.3) is 0 Å². The molecular weight excluding hydrogens is 371 g/mol. The molecule has 136 valence electrons. The van der Waals surface area contributed by atoms with Crippen LogP contribution in [0, 0.1) is 5.82 Å². The second kappa shape index (κ2) is 8.91. The van der Waals surface area contributed by atoms with Gasteiger partial charge in [-0.3, -0.25) is 4.98 Å². The van der Waals surface area contributed by atoms with Crippen LogP contribution in [0.4, 0.5) is 4.39 Å². The van der Waals surface area contributed by atoms with Crippen molar-refractivity contribution in [3.63, 3.8) is 0 Å². The molecule has 2 heterocycles. The molecule has 0 bridgehead atoms. The van der Waals surface area contributed by atoms with Crippen molar-refractivity contribution < 1.29 is 18.7 Å². The Morgan fingerprint density at radius 3 is 2.81 bits per heavy atom. The molecule has 0 aliphatic carbocycles. The van der Waals surface area contributed by atoms with Crippen LogP contribution in [-0.4, -0.2) is 15.9 Å². The largest absolute Gasteiger partial charge is 0.458 e. The van der Waals surface area contributed by atoms with E-state index < -0.39 is 11.8 Å². The number of benzene rings is 1. The molecule has 2 aromatic heterocycles. The van der Waals surface area contributed by atoms with E-state index in [9.17, 15) is 9.18 Å². The van der Waals surface area contributed by atoms with Gasteiger partial charge in [0.15, 0.2) is 11.6 Å². The quantitative estimate of drug-likeness (QED) is 0.346. The van der Waals surface area contributed by atoms with Gasteiger partial charge in [0.2, 0.25) is 0 Å². The van der Waals surface area contributed by atoms with E-state index in [1.807, 2.05) is 0 Å². The normalized spacial score (nSPS) is 10.7. The molecule has 0 atom stereocenters. The van der Waals surface area contributed by atoms with Crippen molar-refractivity contribution in [1.29, 1.82) is 0 Å². The standard InChI is InChI=1S/C20H14ClFN2O3/c21-19-11-15(7-9-24-19)13-26-20(25)6-4-14-3-5-18(17(22)10-14)27-16-2-1-8-23-12-16/h1-12H,13H2/b6-4+. The first-order valence-electron chi connectivity index (χ1n) is 7.93. The summed E-state index contributed by atoms with van der Waals surface area (Å²) in [6, 6.07) is 11.0. The Bertz CT molecular complexity index is 964. The Kier molecular flexibility index (Phi) is 6.12. The molecule has 0 spiro atoms. The summed E-state index contributed by atoms with van der Waals surface area (Å²) < 4.78 is 24.7. The van der Waals surface area contributed by atoms with Gasteiger partial charge in [0.05, 0.1) is 6.20 Å². The van der Waals surface area contributed by atoms with E-state index in [4.69, 9.17) is 21.1 Å². The molecule has 27 heavy (non-hydrogen) atoms. The highest BCUT2D eigenvalue weighted by atomic mass is 35.5. The van der Waals surface area contributed by atoms with Gasteiger partial charge in [-0.2, -0.15) is 0 Å². The maximum atomic E-state index is 14.2. The Hall–Kier alpha value is -3.25. The first-order chi connectivity index (χ1) is 13.1. The second-order valence-electron chi connectivity index (χ2n) is 5.41. The van der Waals surface area contributed by atoms with Crippen molar-refractivity contribution >= 4 is 23.6 Å². The van der Waals surface area contributed by atoms with Crippen LogP contribution >= 0.6 is 11.6 Å². The predicted octanol–water partition coefficient (Wildman–Crippen LogP) is 4.82. The number of esters is 1. The Labute approximate surface area is 160 Å². The van der Waals surface area contributed by atoms with Crippen molar-refractivity contribution in [1.82, 2.24) is 9.97 Å². The minimum atomic E-state index is -0.556. The van der Waals surface area contributed by atoms with E-state index in [0.29, 0.717) is 16.5 Å². The molecule has 0 saturated heterocycles.